The average Bonchev–Trinajstić information content (AvgIpc) is 3.50. The van der Waals surface area contributed by atoms with Crippen molar-refractivity contribution in [3.8, 4) is 16.9 Å². The Morgan fingerprint density at radius 1 is 1.11 bits per heavy atom. The summed E-state index contributed by atoms with van der Waals surface area (Å²) in [6.07, 6.45) is 6.77. The molecule has 44 heavy (non-hydrogen) atoms. The molecule has 6 rings (SSSR count). The lowest BCUT2D eigenvalue weighted by Gasteiger charge is -2.31. The Labute approximate surface area is 264 Å². The van der Waals surface area contributed by atoms with Crippen LogP contribution in [0, 0.1) is 0 Å². The molecule has 1 fully saturated rings. The van der Waals surface area contributed by atoms with Crippen LogP contribution in [0.25, 0.3) is 17.2 Å². The highest BCUT2D eigenvalue weighted by Crippen LogP contribution is 2.36. The number of rotatable bonds is 10. The Morgan fingerprint density at radius 3 is 2.70 bits per heavy atom. The molecule has 7 nitrogen and oxygen atoms in total. The third-order valence-electron chi connectivity index (χ3n) is 8.43. The van der Waals surface area contributed by atoms with Gasteiger partial charge >= 0.3 is 0 Å². The zero-order valence-corrected chi connectivity index (χ0v) is 26.3. The number of para-hydroxylation sites is 1. The van der Waals surface area contributed by atoms with Crippen molar-refractivity contribution in [2.75, 3.05) is 43.6 Å². The van der Waals surface area contributed by atoms with Gasteiger partial charge in [-0.15, -0.1) is 11.3 Å². The quantitative estimate of drug-likeness (QED) is 0.205. The van der Waals surface area contributed by atoms with Gasteiger partial charge < -0.3 is 19.7 Å². The largest absolute Gasteiger partial charge is 0.493 e. The fourth-order valence-electron chi connectivity index (χ4n) is 6.05. The first-order valence-electron chi connectivity index (χ1n) is 15.4. The van der Waals surface area contributed by atoms with E-state index in [-0.39, 0.29) is 5.91 Å². The minimum absolute atomic E-state index is 0.0669. The lowest BCUT2D eigenvalue weighted by molar-refractivity contribution is -0.112. The second kappa shape index (κ2) is 14.2. The average molecular weight is 609 g/mol. The smallest absolute Gasteiger partial charge is 0.251 e. The third-order valence-corrected chi connectivity index (χ3v) is 9.19. The number of carbonyl (C=O) groups excluding carboxylic acids is 1. The number of carbonyl (C=O) groups is 1. The molecule has 1 N–H and O–H groups in total. The molecule has 1 aromatic heterocycles. The van der Waals surface area contributed by atoms with Crippen molar-refractivity contribution in [3.05, 3.63) is 100 Å². The van der Waals surface area contributed by atoms with Crippen molar-refractivity contribution in [2.45, 2.75) is 45.3 Å². The van der Waals surface area contributed by atoms with Gasteiger partial charge in [-0.3, -0.25) is 14.7 Å². The van der Waals surface area contributed by atoms with Gasteiger partial charge in [0.15, 0.2) is 0 Å². The number of hydrogen-bond acceptors (Lipinski definition) is 7. The molecular formula is C36H40N4O3S. The Bertz CT molecular complexity index is 1580. The fourth-order valence-corrected chi connectivity index (χ4v) is 6.66. The molecule has 1 saturated heterocycles. The maximum Gasteiger partial charge on any atom is 0.251 e. The van der Waals surface area contributed by atoms with E-state index in [9.17, 15) is 4.79 Å². The molecule has 0 radical (unpaired) electrons. The van der Waals surface area contributed by atoms with E-state index in [0.29, 0.717) is 19.1 Å². The highest BCUT2D eigenvalue weighted by Gasteiger charge is 2.22. The van der Waals surface area contributed by atoms with Crippen LogP contribution < -0.4 is 15.0 Å². The summed E-state index contributed by atoms with van der Waals surface area (Å²) >= 11 is 1.65. The first kappa shape index (κ1) is 30.1. The number of ether oxygens (including phenoxy) is 2. The van der Waals surface area contributed by atoms with Gasteiger partial charge in [-0.1, -0.05) is 36.4 Å². The standard InChI is InChI=1S/C36H40N4O3S/c1-3-43-35-7-5-4-6-33(35)27-10-13-34-29(20-27)21-28(14-17-40(34)24-32-22-37-25-44-32)36(41)38-30-11-8-26(9-12-30)23-39(2)31-15-18-42-19-16-31/h4-13,20-22,25,31H,3,14-19,23-24H2,1-2H3,(H,38,41). The molecule has 2 aliphatic heterocycles. The van der Waals surface area contributed by atoms with Crippen molar-refractivity contribution in [3.63, 3.8) is 0 Å². The second-order valence-corrected chi connectivity index (χ2v) is 12.4. The van der Waals surface area contributed by atoms with Gasteiger partial charge in [0.1, 0.15) is 5.75 Å². The first-order valence-corrected chi connectivity index (χ1v) is 16.3. The highest BCUT2D eigenvalue weighted by atomic mass is 32.1. The van der Waals surface area contributed by atoms with Crippen LogP contribution in [0.15, 0.2) is 84.0 Å². The van der Waals surface area contributed by atoms with Crippen LogP contribution in [0.1, 0.15) is 42.2 Å². The lowest BCUT2D eigenvalue weighted by Crippen LogP contribution is -2.36. The molecule has 0 atom stereocenters. The van der Waals surface area contributed by atoms with E-state index in [1.807, 2.05) is 49.0 Å². The van der Waals surface area contributed by atoms with Crippen molar-refractivity contribution in [1.82, 2.24) is 9.88 Å². The maximum atomic E-state index is 13.7. The van der Waals surface area contributed by atoms with Crippen LogP contribution in [0.3, 0.4) is 0 Å². The number of aromatic nitrogens is 1. The zero-order chi connectivity index (χ0) is 30.3. The van der Waals surface area contributed by atoms with Gasteiger partial charge in [-0.2, -0.15) is 0 Å². The topological polar surface area (TPSA) is 66.9 Å². The fraction of sp³-hybridized carbons (Fsp3) is 0.333. The predicted molar refractivity (Wildman–Crippen MR) is 179 cm³/mol. The molecule has 0 aliphatic carbocycles. The molecule has 8 heteroatoms. The van der Waals surface area contributed by atoms with Crippen LogP contribution >= 0.6 is 11.3 Å². The van der Waals surface area contributed by atoms with Crippen LogP contribution in [-0.2, 0) is 22.6 Å². The highest BCUT2D eigenvalue weighted by molar-refractivity contribution is 7.09. The van der Waals surface area contributed by atoms with Gasteiger partial charge in [0, 0.05) is 65.9 Å². The van der Waals surface area contributed by atoms with E-state index in [1.165, 1.54) is 10.4 Å². The molecule has 0 saturated carbocycles. The summed E-state index contributed by atoms with van der Waals surface area (Å²) in [7, 11) is 2.18. The normalized spacial score (nSPS) is 15.4. The van der Waals surface area contributed by atoms with Gasteiger partial charge in [-0.25, -0.2) is 0 Å². The molecule has 0 bridgehead atoms. The molecule has 3 heterocycles. The van der Waals surface area contributed by atoms with Crippen LogP contribution in [0.2, 0.25) is 0 Å². The summed E-state index contributed by atoms with van der Waals surface area (Å²) in [6, 6.07) is 23.4. The number of nitrogens with zero attached hydrogens (tertiary/aromatic N) is 3. The predicted octanol–water partition coefficient (Wildman–Crippen LogP) is 7.25. The Hall–Kier alpha value is -3.98. The number of hydrogen-bond donors (Lipinski definition) is 1. The molecule has 1 amide bonds. The molecule has 3 aromatic carbocycles. The number of anilines is 2. The summed E-state index contributed by atoms with van der Waals surface area (Å²) in [4.78, 5) is 23.9. The summed E-state index contributed by atoms with van der Waals surface area (Å²) in [5, 5.41) is 3.16. The van der Waals surface area contributed by atoms with Crippen LogP contribution in [0.5, 0.6) is 5.75 Å². The molecule has 2 aliphatic rings. The van der Waals surface area contributed by atoms with Gasteiger partial charge in [0.05, 0.1) is 18.7 Å². The number of thiazole rings is 1. The van der Waals surface area contributed by atoms with E-state index in [1.54, 1.807) is 11.3 Å². The molecule has 4 aromatic rings. The van der Waals surface area contributed by atoms with Gasteiger partial charge in [-0.05, 0) is 86.3 Å². The minimum Gasteiger partial charge on any atom is -0.493 e. The summed E-state index contributed by atoms with van der Waals surface area (Å²) in [5.74, 6) is 0.789. The second-order valence-electron chi connectivity index (χ2n) is 11.4. The molecule has 228 valence electrons. The molecular weight excluding hydrogens is 568 g/mol. The van der Waals surface area contributed by atoms with E-state index in [4.69, 9.17) is 9.47 Å². The first-order chi connectivity index (χ1) is 21.6. The number of amides is 1. The lowest BCUT2D eigenvalue weighted by atomic mass is 9.99. The van der Waals surface area contributed by atoms with Crippen LogP contribution in [-0.4, -0.2) is 55.2 Å². The number of nitrogens with one attached hydrogen (secondary N) is 1. The van der Waals surface area contributed by atoms with Crippen molar-refractivity contribution >= 4 is 34.7 Å². The summed E-state index contributed by atoms with van der Waals surface area (Å²) in [5.41, 5.74) is 8.90. The maximum absolute atomic E-state index is 13.7. The van der Waals surface area contributed by atoms with E-state index >= 15 is 0 Å². The summed E-state index contributed by atoms with van der Waals surface area (Å²) in [6.45, 7) is 6.64. The molecule has 0 unspecified atom stereocenters. The number of fused-ring (bicyclic) bond motifs is 1. The Morgan fingerprint density at radius 2 is 1.93 bits per heavy atom. The van der Waals surface area contributed by atoms with Crippen molar-refractivity contribution in [2.24, 2.45) is 0 Å². The zero-order valence-electron chi connectivity index (χ0n) is 25.5. The van der Waals surface area contributed by atoms with Gasteiger partial charge in [0.2, 0.25) is 0 Å². The third kappa shape index (κ3) is 7.21. The van der Waals surface area contributed by atoms with E-state index in [0.717, 1.165) is 85.1 Å². The Kier molecular flexibility index (Phi) is 9.70. The van der Waals surface area contributed by atoms with Crippen LogP contribution in [0.4, 0.5) is 11.4 Å². The van der Waals surface area contributed by atoms with E-state index < -0.39 is 0 Å². The van der Waals surface area contributed by atoms with Gasteiger partial charge in [0.25, 0.3) is 5.91 Å². The Balaban J connectivity index is 1.22. The summed E-state index contributed by atoms with van der Waals surface area (Å²) < 4.78 is 11.5. The van der Waals surface area contributed by atoms with Crippen molar-refractivity contribution < 1.29 is 14.3 Å². The van der Waals surface area contributed by atoms with E-state index in [2.05, 4.69) is 69.6 Å². The SMILES string of the molecule is CCOc1ccccc1-c1ccc2c(c1)C=C(C(=O)Nc1ccc(CN(C)C3CCOCC3)cc1)CCN2Cc1cncs1. The van der Waals surface area contributed by atoms with Crippen molar-refractivity contribution in [1.29, 1.82) is 0 Å². The monoisotopic (exact) mass is 608 g/mol. The minimum atomic E-state index is -0.0669. The number of benzene rings is 3. The molecule has 0 spiro atoms.